The molecule has 3 saturated heterocycles. The van der Waals surface area contributed by atoms with E-state index >= 15 is 0 Å². The van der Waals surface area contributed by atoms with E-state index in [9.17, 15) is 27.6 Å². The van der Waals surface area contributed by atoms with E-state index in [2.05, 4.69) is 77.2 Å². The fourth-order valence-corrected chi connectivity index (χ4v) is 13.2. The zero-order valence-electron chi connectivity index (χ0n) is 44.0. The van der Waals surface area contributed by atoms with Gasteiger partial charge in [0.25, 0.3) is 5.91 Å². The minimum Gasteiger partial charge on any atom is -0.464 e. The van der Waals surface area contributed by atoms with Crippen molar-refractivity contribution in [2.75, 3.05) is 71.2 Å². The van der Waals surface area contributed by atoms with Gasteiger partial charge in [-0.25, -0.2) is 18.8 Å². The summed E-state index contributed by atoms with van der Waals surface area (Å²) in [4.78, 5) is 72.9. The van der Waals surface area contributed by atoms with E-state index in [4.69, 9.17) is 19.4 Å². The first kappa shape index (κ1) is 65.1. The normalized spacial score (nSPS) is 21.6. The fraction of sp³-hybridized carbons (Fsp3) is 0.600. The molecule has 414 valence electrons. The van der Waals surface area contributed by atoms with Crippen molar-refractivity contribution < 1.29 is 37.1 Å². The van der Waals surface area contributed by atoms with Crippen LogP contribution in [0.1, 0.15) is 89.6 Å². The number of carbonyl (C=O) groups is 4. The number of cyclic esters (lactones) is 1. The van der Waals surface area contributed by atoms with Crippen LogP contribution < -0.4 is 15.6 Å². The van der Waals surface area contributed by atoms with Crippen LogP contribution in [0.3, 0.4) is 0 Å². The van der Waals surface area contributed by atoms with E-state index in [-0.39, 0.29) is 105 Å². The molecule has 3 fully saturated rings. The summed E-state index contributed by atoms with van der Waals surface area (Å²) in [6.07, 6.45) is 3.78. The highest BCUT2D eigenvalue weighted by Crippen LogP contribution is 2.43. The van der Waals surface area contributed by atoms with E-state index in [1.165, 1.54) is 28.3 Å². The second-order valence-corrected chi connectivity index (χ2v) is 23.6. The first-order chi connectivity index (χ1) is 32.8. The van der Waals surface area contributed by atoms with E-state index in [1.54, 1.807) is 21.0 Å². The first-order valence-corrected chi connectivity index (χ1v) is 27.0. The third-order valence-corrected chi connectivity index (χ3v) is 17.4. The van der Waals surface area contributed by atoms with Gasteiger partial charge in [0.1, 0.15) is 23.4 Å². The zero-order chi connectivity index (χ0) is 49.5. The Morgan fingerprint density at radius 3 is 2.35 bits per heavy atom. The maximum absolute atomic E-state index is 14.6. The van der Waals surface area contributed by atoms with Crippen LogP contribution in [0.15, 0.2) is 35.8 Å². The second kappa shape index (κ2) is 26.9. The number of fused-ring (bicyclic) bond motifs is 6. The molecule has 0 radical (unpaired) electrons. The monoisotopic (exact) mass is 1160 g/mol. The molecule has 0 unspecified atom stereocenters. The van der Waals surface area contributed by atoms with Crippen molar-refractivity contribution in [3.05, 3.63) is 52.1 Å². The molecule has 74 heavy (non-hydrogen) atoms. The van der Waals surface area contributed by atoms with E-state index in [0.29, 0.717) is 42.9 Å². The number of thiazole rings is 1. The number of pyridine rings is 1. The number of benzene rings is 1. The van der Waals surface area contributed by atoms with Gasteiger partial charge in [-0.15, -0.1) is 11.3 Å². The third kappa shape index (κ3) is 13.7. The summed E-state index contributed by atoms with van der Waals surface area (Å²) in [5.74, 6) is -2.67. The van der Waals surface area contributed by atoms with Crippen LogP contribution in [0.5, 0.6) is 0 Å². The Morgan fingerprint density at radius 1 is 1.01 bits per heavy atom. The van der Waals surface area contributed by atoms with Gasteiger partial charge in [-0.2, -0.15) is 67.5 Å². The topological polar surface area (TPSA) is 189 Å². The number of piperazine rings is 1. The number of carbonyl (C=O) groups excluding carboxylic acids is 4. The van der Waals surface area contributed by atoms with E-state index in [1.807, 2.05) is 18.5 Å². The summed E-state index contributed by atoms with van der Waals surface area (Å²) < 4.78 is 40.1. The third-order valence-electron chi connectivity index (χ3n) is 14.4. The van der Waals surface area contributed by atoms with Crippen molar-refractivity contribution >= 4 is 129 Å². The number of aryl methyl sites for hydroxylation is 1. The molecule has 0 saturated carbocycles. The molecule has 0 spiro atoms. The molecular formula is C50H79N9O8S7. The predicted octanol–water partition coefficient (Wildman–Crippen LogP) is 5.58. The number of anilines is 1. The average Bonchev–Trinajstić information content (AvgIpc) is 4.03. The number of ether oxygens (including phenoxy) is 2. The number of nitrogens with zero attached hydrogens (tertiary/aromatic N) is 7. The first-order valence-electron chi connectivity index (χ1n) is 24.4. The smallest absolute Gasteiger partial charge is 0.324 e. The number of hydrazine groups is 1. The minimum atomic E-state index is -3.64. The van der Waals surface area contributed by atoms with Crippen LogP contribution in [0.2, 0.25) is 0 Å². The molecule has 0 aliphatic carbocycles. The van der Waals surface area contributed by atoms with Crippen molar-refractivity contribution in [3.63, 3.8) is 0 Å². The molecule has 2 N–H and O–H groups in total. The molecule has 17 nitrogen and oxygen atoms in total. The van der Waals surface area contributed by atoms with Crippen LogP contribution in [-0.4, -0.2) is 151 Å². The van der Waals surface area contributed by atoms with Crippen LogP contribution in [0.25, 0.3) is 33.4 Å². The highest BCUT2D eigenvalue weighted by molar-refractivity contribution is 7.93. The van der Waals surface area contributed by atoms with Crippen LogP contribution in [0, 0.1) is 11.3 Å². The molecule has 1 aromatic carbocycles. The summed E-state index contributed by atoms with van der Waals surface area (Å²) >= 11 is 1.38. The molecule has 6 bridgehead atoms. The lowest BCUT2D eigenvalue weighted by Gasteiger charge is -2.36. The molecule has 3 aromatic heterocycles. The molecule has 7 heterocycles. The van der Waals surface area contributed by atoms with Gasteiger partial charge in [-0.1, -0.05) is 33.8 Å². The fourth-order valence-electron chi connectivity index (χ4n) is 10.5. The summed E-state index contributed by atoms with van der Waals surface area (Å²) in [5.41, 5.74) is 10.2. The van der Waals surface area contributed by atoms with Gasteiger partial charge in [-0.05, 0) is 82.7 Å². The van der Waals surface area contributed by atoms with Crippen molar-refractivity contribution in [2.24, 2.45) is 11.3 Å². The molecule has 4 aliphatic heterocycles. The quantitative estimate of drug-likeness (QED) is 0.188. The number of methoxy groups -OCH3 is 1. The lowest BCUT2D eigenvalue weighted by atomic mass is 9.84. The Hall–Kier alpha value is -3.20. The summed E-state index contributed by atoms with van der Waals surface area (Å²) in [6.45, 7) is 16.7. The van der Waals surface area contributed by atoms with Crippen LogP contribution in [0.4, 0.5) is 5.69 Å². The van der Waals surface area contributed by atoms with Gasteiger partial charge in [0.05, 0.1) is 52.4 Å². The second-order valence-electron chi connectivity index (χ2n) is 20.4. The number of hydrogen-bond acceptors (Lipinski definition) is 14. The SMILES string of the molecule is CCn1c(-c2cc(N3CCN(C)CC3)cnc2[C@H](C)OC)c2c3cc(ccc31)-c1csc(n1)C[C@H](NC(=O)[C@H](C(C)C)N(C)C(=O)[C@@H]1CCCS1(=O)=O)C(=O)N1CCC[C@H](N1)C(=O)OCC(C)(C)C2.S.S.S.S.S. The van der Waals surface area contributed by atoms with Crippen molar-refractivity contribution in [1.29, 1.82) is 0 Å². The van der Waals surface area contributed by atoms with Crippen LogP contribution >= 0.6 is 78.8 Å². The molecule has 3 amide bonds. The molecule has 4 aliphatic rings. The van der Waals surface area contributed by atoms with Crippen molar-refractivity contribution in [2.45, 2.75) is 116 Å². The standard InChI is InChI=1S/C50H69N9O8S2.5H2S/c1-10-58-40-16-15-32-23-34(40)36(45(58)35-24-33(27-51-43(35)31(4)66-9)57-20-18-55(7)19-21-57)26-50(5,6)29-67-49(63)37-13-11-17-59(54-37)47(61)38(25-42-52-39(32)28-68-42)53-46(60)44(30(2)3)56(8)48(62)41-14-12-22-69(41,64)65;;;;;/h15-16,23-24,27-28,30-31,37-38,41,44,54H,10-14,17-22,25-26,29H2,1-9H3,(H,53,60);5*1H2/t31-,37-,38-,41-,44-;;;;;/m0...../s1. The Morgan fingerprint density at radius 2 is 1.72 bits per heavy atom. The van der Waals surface area contributed by atoms with Gasteiger partial charge >= 0.3 is 5.97 Å². The average molecular weight is 1160 g/mol. The number of rotatable bonds is 10. The van der Waals surface area contributed by atoms with E-state index < -0.39 is 68.2 Å². The lowest BCUT2D eigenvalue weighted by Crippen LogP contribution is -2.62. The highest BCUT2D eigenvalue weighted by Gasteiger charge is 2.43. The molecule has 5 atom stereocenters. The maximum Gasteiger partial charge on any atom is 0.324 e. The van der Waals surface area contributed by atoms with Gasteiger partial charge in [0, 0.05) is 92.7 Å². The molecule has 24 heteroatoms. The number of aromatic nitrogens is 3. The minimum absolute atomic E-state index is 0. The Balaban J connectivity index is 0.00000289. The van der Waals surface area contributed by atoms with Gasteiger partial charge < -0.3 is 34.1 Å². The Bertz CT molecular complexity index is 2710. The van der Waals surface area contributed by atoms with Gasteiger partial charge in [0.2, 0.25) is 11.8 Å². The van der Waals surface area contributed by atoms with Gasteiger partial charge in [0.15, 0.2) is 9.84 Å². The molecule has 4 aromatic rings. The van der Waals surface area contributed by atoms with E-state index in [0.717, 1.165) is 70.8 Å². The largest absolute Gasteiger partial charge is 0.464 e. The number of amides is 3. The zero-order valence-corrected chi connectivity index (χ0v) is 50.7. The molecular weight excluding hydrogens is 1080 g/mol. The lowest BCUT2D eigenvalue weighted by molar-refractivity contribution is -0.155. The Kier molecular flexibility index (Phi) is 23.7. The summed E-state index contributed by atoms with van der Waals surface area (Å²) in [6, 6.07) is 5.61. The summed E-state index contributed by atoms with van der Waals surface area (Å²) in [5, 5.41) is 6.72. The van der Waals surface area contributed by atoms with Crippen molar-refractivity contribution in [3.8, 4) is 22.5 Å². The van der Waals surface area contributed by atoms with Crippen LogP contribution in [-0.2, 0) is 57.9 Å². The summed E-state index contributed by atoms with van der Waals surface area (Å²) in [7, 11) is 1.66. The Labute approximate surface area is 476 Å². The highest BCUT2D eigenvalue weighted by atomic mass is 32.2. The maximum atomic E-state index is 14.6. The predicted molar refractivity (Wildman–Crippen MR) is 319 cm³/mol. The van der Waals surface area contributed by atoms with Gasteiger partial charge in [-0.3, -0.25) is 29.2 Å². The van der Waals surface area contributed by atoms with Crippen molar-refractivity contribution in [1.82, 2.24) is 40.1 Å². The number of nitrogens with one attached hydrogen (secondary N) is 2. The number of esters is 1. The number of hydrogen-bond donors (Lipinski definition) is 2. The number of sulfone groups is 1. The molecule has 8 rings (SSSR count). The number of likely N-dealkylation sites (N-methyl/N-ethyl adjacent to an activating group) is 2.